The van der Waals surface area contributed by atoms with Crippen LogP contribution in [0.3, 0.4) is 0 Å². The average Bonchev–Trinajstić information content (AvgIpc) is 2.83. The van der Waals surface area contributed by atoms with Crippen LogP contribution >= 0.6 is 0 Å². The van der Waals surface area contributed by atoms with Crippen molar-refractivity contribution in [2.45, 2.75) is 52.2 Å². The lowest BCUT2D eigenvalue weighted by atomic mass is 9.76. The van der Waals surface area contributed by atoms with Crippen LogP contribution < -0.4 is 15.5 Å². The summed E-state index contributed by atoms with van der Waals surface area (Å²) in [7, 11) is -0.578. The van der Waals surface area contributed by atoms with Crippen molar-refractivity contribution in [1.29, 1.82) is 0 Å². The second-order valence-electron chi connectivity index (χ2n) is 8.13. The monoisotopic (exact) mass is 421 g/mol. The molecule has 1 aliphatic heterocycles. The average molecular weight is 421 g/mol. The zero-order valence-electron chi connectivity index (χ0n) is 17.4. The van der Waals surface area contributed by atoms with Crippen molar-refractivity contribution >= 4 is 24.2 Å². The third kappa shape index (κ3) is 4.62. The number of halogens is 3. The maximum Gasteiger partial charge on any atom is 0.573 e. The van der Waals surface area contributed by atoms with Gasteiger partial charge in [-0.3, -0.25) is 4.79 Å². The zero-order valence-corrected chi connectivity index (χ0v) is 17.4. The Morgan fingerprint density at radius 2 is 1.57 bits per heavy atom. The van der Waals surface area contributed by atoms with Crippen LogP contribution in [0.15, 0.2) is 42.5 Å². The molecule has 30 heavy (non-hydrogen) atoms. The molecule has 0 aromatic heterocycles. The Kier molecular flexibility index (Phi) is 5.64. The molecule has 5 nitrogen and oxygen atoms in total. The maximum absolute atomic E-state index is 12.6. The molecule has 1 N–H and O–H groups in total. The van der Waals surface area contributed by atoms with Gasteiger partial charge in [0.15, 0.2) is 0 Å². The van der Waals surface area contributed by atoms with Crippen LogP contribution in [0.1, 0.15) is 43.6 Å². The Balaban J connectivity index is 1.76. The number of hydrogen-bond donors (Lipinski definition) is 1. The summed E-state index contributed by atoms with van der Waals surface area (Å²) >= 11 is 0. The van der Waals surface area contributed by atoms with Gasteiger partial charge in [0, 0.05) is 11.3 Å². The Labute approximate surface area is 173 Å². The number of hydrogen-bond acceptors (Lipinski definition) is 4. The van der Waals surface area contributed by atoms with E-state index >= 15 is 0 Å². The number of carbonyl (C=O) groups is 1. The number of amides is 1. The number of carbonyl (C=O) groups excluding carboxylic acids is 1. The first-order valence-corrected chi connectivity index (χ1v) is 9.41. The molecule has 160 valence electrons. The largest absolute Gasteiger partial charge is 0.573 e. The van der Waals surface area contributed by atoms with Crippen molar-refractivity contribution in [3.8, 4) is 5.75 Å². The fraction of sp³-hybridized carbons (Fsp3) is 0.381. The highest BCUT2D eigenvalue weighted by molar-refractivity contribution is 6.62. The molecule has 0 bridgehead atoms. The van der Waals surface area contributed by atoms with Crippen molar-refractivity contribution < 1.29 is 32.0 Å². The van der Waals surface area contributed by atoms with Crippen molar-refractivity contribution in [2.75, 3.05) is 5.32 Å². The van der Waals surface area contributed by atoms with Gasteiger partial charge in [0.1, 0.15) is 5.75 Å². The Morgan fingerprint density at radius 3 is 2.10 bits per heavy atom. The van der Waals surface area contributed by atoms with E-state index in [1.54, 1.807) is 12.1 Å². The first kappa shape index (κ1) is 22.2. The molecule has 1 amide bonds. The van der Waals surface area contributed by atoms with Crippen LogP contribution in [0.5, 0.6) is 5.75 Å². The maximum atomic E-state index is 12.6. The second kappa shape index (κ2) is 7.63. The van der Waals surface area contributed by atoms with E-state index in [1.807, 2.05) is 40.7 Å². The molecule has 0 unspecified atom stereocenters. The van der Waals surface area contributed by atoms with Gasteiger partial charge in [-0.1, -0.05) is 12.1 Å². The first-order valence-electron chi connectivity index (χ1n) is 9.41. The molecule has 1 saturated heterocycles. The van der Waals surface area contributed by atoms with Crippen molar-refractivity contribution in [1.82, 2.24) is 0 Å². The van der Waals surface area contributed by atoms with Gasteiger partial charge in [0.05, 0.1) is 11.2 Å². The molecule has 2 aromatic carbocycles. The van der Waals surface area contributed by atoms with E-state index in [1.165, 1.54) is 12.1 Å². The predicted octanol–water partition coefficient (Wildman–Crippen LogP) is 4.45. The Hall–Kier alpha value is -2.52. The van der Waals surface area contributed by atoms with E-state index in [2.05, 4.69) is 10.1 Å². The molecule has 0 spiro atoms. The predicted molar refractivity (Wildman–Crippen MR) is 108 cm³/mol. The molecule has 9 heteroatoms. The summed E-state index contributed by atoms with van der Waals surface area (Å²) in [5, 5.41) is 2.79. The van der Waals surface area contributed by atoms with Crippen molar-refractivity contribution in [3.05, 3.63) is 53.6 Å². The molecule has 1 fully saturated rings. The SMILES string of the molecule is Cc1c(NC(=O)c2ccc(OC(F)(F)F)cc2)cccc1B1OC(C)(C)C(C)(C)O1. The summed E-state index contributed by atoms with van der Waals surface area (Å²) in [6.07, 6.45) is -4.78. The second-order valence-corrected chi connectivity index (χ2v) is 8.13. The van der Waals surface area contributed by atoms with Gasteiger partial charge in [-0.2, -0.15) is 0 Å². The van der Waals surface area contributed by atoms with Crippen molar-refractivity contribution in [2.24, 2.45) is 0 Å². The van der Waals surface area contributed by atoms with Crippen LogP contribution in [-0.2, 0) is 9.31 Å². The van der Waals surface area contributed by atoms with Crippen LogP contribution in [0.25, 0.3) is 0 Å². The minimum atomic E-state index is -4.78. The summed E-state index contributed by atoms with van der Waals surface area (Å²) in [5.74, 6) is -0.847. The number of nitrogens with one attached hydrogen (secondary N) is 1. The molecular formula is C21H23BF3NO4. The van der Waals surface area contributed by atoms with E-state index in [-0.39, 0.29) is 5.56 Å². The lowest BCUT2D eigenvalue weighted by molar-refractivity contribution is -0.274. The van der Waals surface area contributed by atoms with Gasteiger partial charge in [-0.15, -0.1) is 13.2 Å². The van der Waals surface area contributed by atoms with E-state index in [0.717, 1.165) is 23.2 Å². The molecular weight excluding hydrogens is 398 g/mol. The highest BCUT2D eigenvalue weighted by Crippen LogP contribution is 2.37. The van der Waals surface area contributed by atoms with Crippen molar-refractivity contribution in [3.63, 3.8) is 0 Å². The molecule has 1 heterocycles. The molecule has 0 radical (unpaired) electrons. The first-order chi connectivity index (χ1) is 13.8. The number of rotatable bonds is 4. The van der Waals surface area contributed by atoms with Crippen LogP contribution in [0, 0.1) is 6.92 Å². The minimum Gasteiger partial charge on any atom is -0.406 e. The standard InChI is InChI=1S/C21H23BF3NO4/c1-13-16(22-29-19(2,3)20(4,5)30-22)7-6-8-17(13)26-18(27)14-9-11-15(12-10-14)28-21(23,24)25/h6-12H,1-5H3,(H,26,27). The number of benzene rings is 2. The molecule has 2 aromatic rings. The number of anilines is 1. The number of alkyl halides is 3. The fourth-order valence-electron chi connectivity index (χ4n) is 3.02. The highest BCUT2D eigenvalue weighted by atomic mass is 19.4. The van der Waals surface area contributed by atoms with Crippen LogP contribution in [0.4, 0.5) is 18.9 Å². The zero-order chi connectivity index (χ0) is 22.3. The quantitative estimate of drug-likeness (QED) is 0.742. The van der Waals surface area contributed by atoms with E-state index < -0.39 is 36.3 Å². The Morgan fingerprint density at radius 1 is 1.00 bits per heavy atom. The van der Waals surface area contributed by atoms with Crippen LogP contribution in [0.2, 0.25) is 0 Å². The van der Waals surface area contributed by atoms with Gasteiger partial charge in [-0.25, -0.2) is 0 Å². The number of ether oxygens (including phenoxy) is 1. The lowest BCUT2D eigenvalue weighted by Crippen LogP contribution is -2.41. The fourth-order valence-corrected chi connectivity index (χ4v) is 3.02. The van der Waals surface area contributed by atoms with Gasteiger partial charge < -0.3 is 19.4 Å². The topological polar surface area (TPSA) is 56.8 Å². The lowest BCUT2D eigenvalue weighted by Gasteiger charge is -2.32. The molecule has 3 rings (SSSR count). The van der Waals surface area contributed by atoms with Crippen LogP contribution in [-0.4, -0.2) is 30.6 Å². The third-order valence-corrected chi connectivity index (χ3v) is 5.48. The summed E-state index contributed by atoms with van der Waals surface area (Å²) in [4.78, 5) is 12.6. The molecule has 1 aliphatic rings. The molecule has 0 aliphatic carbocycles. The summed E-state index contributed by atoms with van der Waals surface area (Å²) < 4.78 is 52.8. The van der Waals surface area contributed by atoms with E-state index in [9.17, 15) is 18.0 Å². The van der Waals surface area contributed by atoms with E-state index in [0.29, 0.717) is 5.69 Å². The Bertz CT molecular complexity index is 926. The minimum absolute atomic E-state index is 0.199. The third-order valence-electron chi connectivity index (χ3n) is 5.48. The van der Waals surface area contributed by atoms with E-state index in [4.69, 9.17) is 9.31 Å². The van der Waals surface area contributed by atoms with Gasteiger partial charge in [-0.05, 0) is 76.0 Å². The molecule has 0 saturated carbocycles. The summed E-state index contributed by atoms with van der Waals surface area (Å²) in [6.45, 7) is 9.68. The summed E-state index contributed by atoms with van der Waals surface area (Å²) in [5.41, 5.74) is 1.34. The smallest absolute Gasteiger partial charge is 0.406 e. The summed E-state index contributed by atoms with van der Waals surface area (Å²) in [6, 6.07) is 10.1. The van der Waals surface area contributed by atoms with Gasteiger partial charge in [0.25, 0.3) is 5.91 Å². The normalized spacial score (nSPS) is 17.7. The van der Waals surface area contributed by atoms with Gasteiger partial charge in [0.2, 0.25) is 0 Å². The van der Waals surface area contributed by atoms with Gasteiger partial charge >= 0.3 is 13.5 Å². The highest BCUT2D eigenvalue weighted by Gasteiger charge is 2.52. The molecule has 0 atom stereocenters.